The largest absolute Gasteiger partial charge is 0.326 e. The topological polar surface area (TPSA) is 95.6 Å². The zero-order valence-electron chi connectivity index (χ0n) is 18.1. The first-order valence-corrected chi connectivity index (χ1v) is 12.3. The van der Waals surface area contributed by atoms with Crippen molar-refractivity contribution in [3.63, 3.8) is 0 Å². The lowest BCUT2D eigenvalue weighted by atomic mass is 9.97. The second kappa shape index (κ2) is 9.18. The lowest BCUT2D eigenvalue weighted by molar-refractivity contribution is -0.121. The van der Waals surface area contributed by atoms with Crippen LogP contribution in [-0.2, 0) is 19.6 Å². The van der Waals surface area contributed by atoms with Gasteiger partial charge in [0.05, 0.1) is 0 Å². The van der Waals surface area contributed by atoms with Crippen molar-refractivity contribution in [2.24, 2.45) is 11.8 Å². The molecule has 2 amide bonds. The van der Waals surface area contributed by atoms with Crippen LogP contribution in [0.2, 0.25) is 0 Å². The van der Waals surface area contributed by atoms with E-state index in [0.717, 1.165) is 34.8 Å². The molecule has 1 heterocycles. The van der Waals surface area contributed by atoms with Gasteiger partial charge in [0.15, 0.2) is 0 Å². The second-order valence-corrected chi connectivity index (χ2v) is 10.4. The van der Waals surface area contributed by atoms with E-state index in [1.807, 2.05) is 6.92 Å². The average molecular weight is 478 g/mol. The molecule has 4 rings (SSSR count). The van der Waals surface area contributed by atoms with Gasteiger partial charge < -0.3 is 10.6 Å². The maximum absolute atomic E-state index is 14.0. The highest BCUT2D eigenvalue weighted by Crippen LogP contribution is 2.31. The molecule has 0 unspecified atom stereocenters. The van der Waals surface area contributed by atoms with Crippen molar-refractivity contribution in [2.75, 3.05) is 23.7 Å². The number of benzene rings is 2. The number of nitrogens with one attached hydrogen (secondary N) is 2. The molecule has 2 fully saturated rings. The van der Waals surface area contributed by atoms with Crippen molar-refractivity contribution in [1.82, 2.24) is 4.31 Å². The smallest absolute Gasteiger partial charge is 0.246 e. The number of rotatable bonds is 6. The van der Waals surface area contributed by atoms with Crippen molar-refractivity contribution < 1.29 is 26.8 Å². The van der Waals surface area contributed by atoms with Gasteiger partial charge in [-0.2, -0.15) is 4.31 Å². The minimum Gasteiger partial charge on any atom is -0.326 e. The predicted octanol–water partition coefficient (Wildman–Crippen LogP) is 3.66. The molecule has 10 heteroatoms. The van der Waals surface area contributed by atoms with Crippen LogP contribution in [0.25, 0.3) is 0 Å². The van der Waals surface area contributed by atoms with Crippen LogP contribution in [0.1, 0.15) is 31.2 Å². The first kappa shape index (κ1) is 23.3. The summed E-state index contributed by atoms with van der Waals surface area (Å²) in [7, 11) is -4.20. The third kappa shape index (κ3) is 5.22. The fourth-order valence-corrected chi connectivity index (χ4v) is 5.38. The quantitative estimate of drug-likeness (QED) is 0.664. The summed E-state index contributed by atoms with van der Waals surface area (Å²) in [5, 5.41) is 5.72. The van der Waals surface area contributed by atoms with Crippen LogP contribution in [0.4, 0.5) is 20.2 Å². The summed E-state index contributed by atoms with van der Waals surface area (Å²) in [5.74, 6) is -2.50. The van der Waals surface area contributed by atoms with Crippen LogP contribution in [0.3, 0.4) is 0 Å². The number of hydrogen-bond donors (Lipinski definition) is 2. The van der Waals surface area contributed by atoms with E-state index in [-0.39, 0.29) is 43.7 Å². The Morgan fingerprint density at radius 3 is 2.21 bits per heavy atom. The number of piperidine rings is 1. The molecule has 2 aromatic carbocycles. The number of carbonyl (C=O) groups is 2. The van der Waals surface area contributed by atoms with Crippen molar-refractivity contribution in [1.29, 1.82) is 0 Å². The molecular formula is C23H25F2N3O4S. The SMILES string of the molecule is Cc1ccc(NC(=O)C2CC2)cc1NC(=O)C1CCN(S(=O)(=O)c2cc(F)ccc2F)CC1. The highest BCUT2D eigenvalue weighted by Gasteiger charge is 2.34. The van der Waals surface area contributed by atoms with Gasteiger partial charge in [-0.15, -0.1) is 0 Å². The van der Waals surface area contributed by atoms with Gasteiger partial charge in [-0.3, -0.25) is 9.59 Å². The third-order valence-electron chi connectivity index (χ3n) is 6.05. The molecule has 2 aromatic rings. The van der Waals surface area contributed by atoms with E-state index in [9.17, 15) is 26.8 Å². The van der Waals surface area contributed by atoms with Crippen molar-refractivity contribution in [2.45, 2.75) is 37.5 Å². The van der Waals surface area contributed by atoms with Gasteiger partial charge in [-0.1, -0.05) is 6.07 Å². The highest BCUT2D eigenvalue weighted by atomic mass is 32.2. The zero-order chi connectivity index (χ0) is 23.8. The summed E-state index contributed by atoms with van der Waals surface area (Å²) in [6, 6.07) is 7.60. The third-order valence-corrected chi connectivity index (χ3v) is 7.96. The molecule has 7 nitrogen and oxygen atoms in total. The van der Waals surface area contributed by atoms with Gasteiger partial charge in [0.2, 0.25) is 21.8 Å². The lowest BCUT2D eigenvalue weighted by Gasteiger charge is -2.30. The lowest BCUT2D eigenvalue weighted by Crippen LogP contribution is -2.41. The maximum atomic E-state index is 14.0. The summed E-state index contributed by atoms with van der Waals surface area (Å²) < 4.78 is 54.0. The molecule has 33 heavy (non-hydrogen) atoms. The molecule has 176 valence electrons. The van der Waals surface area contributed by atoms with Crippen LogP contribution >= 0.6 is 0 Å². The van der Waals surface area contributed by atoms with Crippen molar-refractivity contribution >= 4 is 33.2 Å². The Labute approximate surface area is 191 Å². The Morgan fingerprint density at radius 2 is 1.55 bits per heavy atom. The van der Waals surface area contributed by atoms with E-state index in [0.29, 0.717) is 17.4 Å². The first-order valence-electron chi connectivity index (χ1n) is 10.8. The van der Waals surface area contributed by atoms with Crippen molar-refractivity contribution in [3.05, 3.63) is 53.6 Å². The first-order chi connectivity index (χ1) is 15.6. The van der Waals surface area contributed by atoms with Gasteiger partial charge in [0.1, 0.15) is 16.5 Å². The van der Waals surface area contributed by atoms with Gasteiger partial charge in [-0.05, 0) is 68.5 Å². The normalized spacial score (nSPS) is 17.5. The fraction of sp³-hybridized carbons (Fsp3) is 0.391. The Kier molecular flexibility index (Phi) is 6.49. The average Bonchev–Trinajstić information content (AvgIpc) is 3.63. The number of sulfonamides is 1. The van der Waals surface area contributed by atoms with Gasteiger partial charge in [-0.25, -0.2) is 17.2 Å². The number of anilines is 2. The minimum absolute atomic E-state index is 0.0207. The van der Waals surface area contributed by atoms with E-state index >= 15 is 0 Å². The monoisotopic (exact) mass is 477 g/mol. The van der Waals surface area contributed by atoms with Crippen LogP contribution in [-0.4, -0.2) is 37.6 Å². The zero-order valence-corrected chi connectivity index (χ0v) is 18.9. The summed E-state index contributed by atoms with van der Waals surface area (Å²) in [5.41, 5.74) is 2.01. The number of carbonyl (C=O) groups excluding carboxylic acids is 2. The molecule has 1 saturated heterocycles. The molecular weight excluding hydrogens is 452 g/mol. The molecule has 0 bridgehead atoms. The maximum Gasteiger partial charge on any atom is 0.246 e. The molecule has 2 aliphatic rings. The van der Waals surface area contributed by atoms with Gasteiger partial charge in [0, 0.05) is 36.3 Å². The van der Waals surface area contributed by atoms with E-state index in [1.54, 1.807) is 18.2 Å². The number of nitrogens with zero attached hydrogens (tertiary/aromatic N) is 1. The van der Waals surface area contributed by atoms with Crippen LogP contribution in [0, 0.1) is 30.4 Å². The number of aryl methyl sites for hydroxylation is 1. The van der Waals surface area contributed by atoms with Crippen LogP contribution in [0.5, 0.6) is 0 Å². The Hall–Kier alpha value is -2.85. The number of hydrogen-bond acceptors (Lipinski definition) is 4. The number of halogens is 2. The summed E-state index contributed by atoms with van der Waals surface area (Å²) in [6.45, 7) is 1.88. The standard InChI is InChI=1S/C23H25F2N3O4S/c1-14-2-6-18(26-22(29)15-3-4-15)13-20(14)27-23(30)16-8-10-28(11-9-16)33(31,32)21-12-17(24)5-7-19(21)25/h2,5-7,12-13,15-16H,3-4,8-11H2,1H3,(H,26,29)(H,27,30). The van der Waals surface area contributed by atoms with Gasteiger partial charge >= 0.3 is 0 Å². The fourth-order valence-electron chi connectivity index (χ4n) is 3.83. The second-order valence-electron chi connectivity index (χ2n) is 8.54. The molecule has 0 radical (unpaired) electrons. The predicted molar refractivity (Wildman–Crippen MR) is 119 cm³/mol. The summed E-state index contributed by atoms with van der Waals surface area (Å²) >= 11 is 0. The molecule has 0 aromatic heterocycles. The molecule has 1 aliphatic carbocycles. The summed E-state index contributed by atoms with van der Waals surface area (Å²) in [4.78, 5) is 24.1. The molecule has 1 aliphatic heterocycles. The Bertz CT molecular complexity index is 1190. The van der Waals surface area contributed by atoms with Crippen molar-refractivity contribution in [3.8, 4) is 0 Å². The highest BCUT2D eigenvalue weighted by molar-refractivity contribution is 7.89. The van der Waals surface area contributed by atoms with Crippen LogP contribution in [0.15, 0.2) is 41.3 Å². The van der Waals surface area contributed by atoms with Gasteiger partial charge in [0.25, 0.3) is 0 Å². The minimum atomic E-state index is -4.20. The summed E-state index contributed by atoms with van der Waals surface area (Å²) in [6.07, 6.45) is 2.28. The molecule has 1 saturated carbocycles. The van der Waals surface area contributed by atoms with E-state index in [1.165, 1.54) is 0 Å². The van der Waals surface area contributed by atoms with Crippen LogP contribution < -0.4 is 10.6 Å². The Balaban J connectivity index is 1.38. The Morgan fingerprint density at radius 1 is 0.909 bits per heavy atom. The number of amides is 2. The molecule has 0 spiro atoms. The molecule has 0 atom stereocenters. The van der Waals surface area contributed by atoms with E-state index < -0.39 is 32.5 Å². The molecule has 2 N–H and O–H groups in total. The van der Waals surface area contributed by atoms with E-state index in [4.69, 9.17) is 0 Å². The van der Waals surface area contributed by atoms with E-state index in [2.05, 4.69) is 10.6 Å².